The molecular weight excluding hydrogens is 270 g/mol. The molecule has 1 rings (SSSR count). The molecule has 0 bridgehead atoms. The molecule has 1 aromatic rings. The number of methoxy groups -OCH3 is 1. The normalized spacial score (nSPS) is 10.7. The first-order valence-corrected chi connectivity index (χ1v) is 7.03. The van der Waals surface area contributed by atoms with E-state index < -0.39 is 5.97 Å². The number of carboxylic acid groups (broad SMARTS) is 1. The highest BCUT2D eigenvalue weighted by molar-refractivity contribution is 5.94. The molecule has 5 nitrogen and oxygen atoms in total. The van der Waals surface area contributed by atoms with Gasteiger partial charge in [0.1, 0.15) is 0 Å². The average molecular weight is 293 g/mol. The molecule has 0 heterocycles. The van der Waals surface area contributed by atoms with Crippen molar-refractivity contribution >= 4 is 11.9 Å². The maximum Gasteiger partial charge on any atom is 0.305 e. The van der Waals surface area contributed by atoms with E-state index in [1.165, 1.54) is 0 Å². The summed E-state index contributed by atoms with van der Waals surface area (Å²) in [4.78, 5) is 24.8. The van der Waals surface area contributed by atoms with Crippen molar-refractivity contribution in [3.8, 4) is 0 Å². The van der Waals surface area contributed by atoms with Gasteiger partial charge in [-0.2, -0.15) is 0 Å². The minimum absolute atomic E-state index is 0.0415. The Labute approximate surface area is 125 Å². The Morgan fingerprint density at radius 1 is 1.24 bits per heavy atom. The Bertz CT molecular complexity index is 468. The summed E-state index contributed by atoms with van der Waals surface area (Å²) in [5, 5.41) is 8.79. The summed E-state index contributed by atoms with van der Waals surface area (Å²) in [5.74, 6) is -0.739. The van der Waals surface area contributed by atoms with Crippen LogP contribution in [-0.2, 0) is 16.1 Å². The van der Waals surface area contributed by atoms with Gasteiger partial charge in [-0.15, -0.1) is 0 Å². The second kappa shape index (κ2) is 8.42. The molecule has 0 radical (unpaired) electrons. The van der Waals surface area contributed by atoms with Crippen molar-refractivity contribution in [2.75, 3.05) is 20.2 Å². The Morgan fingerprint density at radius 3 is 2.33 bits per heavy atom. The molecule has 0 atom stereocenters. The molecule has 0 spiro atoms. The molecule has 1 amide bonds. The average Bonchev–Trinajstić information content (AvgIpc) is 2.43. The summed E-state index contributed by atoms with van der Waals surface area (Å²) in [6, 6.07) is 7.21. The topological polar surface area (TPSA) is 66.8 Å². The van der Waals surface area contributed by atoms with Crippen molar-refractivity contribution in [2.24, 2.45) is 5.92 Å². The smallest absolute Gasteiger partial charge is 0.305 e. The Kier molecular flexibility index (Phi) is 6.88. The van der Waals surface area contributed by atoms with E-state index in [0.29, 0.717) is 18.7 Å². The van der Waals surface area contributed by atoms with Crippen molar-refractivity contribution in [1.29, 1.82) is 0 Å². The van der Waals surface area contributed by atoms with Crippen LogP contribution < -0.4 is 0 Å². The molecule has 0 aromatic heterocycles. The van der Waals surface area contributed by atoms with Gasteiger partial charge < -0.3 is 14.7 Å². The predicted octanol–water partition coefficient (Wildman–Crippen LogP) is 2.41. The SMILES string of the molecule is COCc1ccc(C(=O)N(CCC(=O)O)CC(C)C)cc1. The lowest BCUT2D eigenvalue weighted by Gasteiger charge is -2.24. The first-order valence-electron chi connectivity index (χ1n) is 7.03. The van der Waals surface area contributed by atoms with Gasteiger partial charge >= 0.3 is 5.97 Å². The molecule has 1 aromatic carbocycles. The fraction of sp³-hybridized carbons (Fsp3) is 0.500. The van der Waals surface area contributed by atoms with Crippen LogP contribution in [0.1, 0.15) is 36.2 Å². The lowest BCUT2D eigenvalue weighted by molar-refractivity contribution is -0.137. The number of ether oxygens (including phenoxy) is 1. The highest BCUT2D eigenvalue weighted by atomic mass is 16.5. The van der Waals surface area contributed by atoms with Crippen LogP contribution in [0.4, 0.5) is 0 Å². The van der Waals surface area contributed by atoms with Crippen LogP contribution >= 0.6 is 0 Å². The summed E-state index contributed by atoms with van der Waals surface area (Å²) >= 11 is 0. The Balaban J connectivity index is 2.80. The Hall–Kier alpha value is -1.88. The fourth-order valence-electron chi connectivity index (χ4n) is 2.04. The molecule has 0 fully saturated rings. The lowest BCUT2D eigenvalue weighted by Crippen LogP contribution is -2.36. The van der Waals surface area contributed by atoms with Gasteiger partial charge in [0.25, 0.3) is 5.91 Å². The van der Waals surface area contributed by atoms with E-state index in [0.717, 1.165) is 5.56 Å². The van der Waals surface area contributed by atoms with E-state index in [1.807, 2.05) is 26.0 Å². The monoisotopic (exact) mass is 293 g/mol. The van der Waals surface area contributed by atoms with Gasteiger partial charge in [-0.3, -0.25) is 9.59 Å². The summed E-state index contributed by atoms with van der Waals surface area (Å²) in [6.45, 7) is 5.28. The Morgan fingerprint density at radius 2 is 1.86 bits per heavy atom. The van der Waals surface area contributed by atoms with Crippen LogP contribution in [0.2, 0.25) is 0 Å². The molecule has 5 heteroatoms. The molecule has 0 aliphatic rings. The molecule has 0 unspecified atom stereocenters. The predicted molar refractivity (Wildman–Crippen MR) is 80.1 cm³/mol. The maximum atomic E-state index is 12.5. The molecule has 1 N–H and O–H groups in total. The van der Waals surface area contributed by atoms with E-state index in [9.17, 15) is 9.59 Å². The number of amides is 1. The molecule has 0 aliphatic carbocycles. The fourth-order valence-corrected chi connectivity index (χ4v) is 2.04. The zero-order valence-electron chi connectivity index (χ0n) is 12.8. The highest BCUT2D eigenvalue weighted by Crippen LogP contribution is 2.11. The molecule has 21 heavy (non-hydrogen) atoms. The first kappa shape index (κ1) is 17.2. The van der Waals surface area contributed by atoms with Gasteiger partial charge in [-0.05, 0) is 23.6 Å². The third-order valence-electron chi connectivity index (χ3n) is 2.98. The van der Waals surface area contributed by atoms with Gasteiger partial charge in [0.05, 0.1) is 13.0 Å². The zero-order valence-corrected chi connectivity index (χ0v) is 12.8. The van der Waals surface area contributed by atoms with Crippen LogP contribution in [0.15, 0.2) is 24.3 Å². The van der Waals surface area contributed by atoms with Crippen molar-refractivity contribution in [1.82, 2.24) is 4.90 Å². The van der Waals surface area contributed by atoms with Gasteiger partial charge in [0, 0.05) is 25.8 Å². The van der Waals surface area contributed by atoms with Gasteiger partial charge in [-0.25, -0.2) is 0 Å². The number of nitrogens with zero attached hydrogens (tertiary/aromatic N) is 1. The minimum Gasteiger partial charge on any atom is -0.481 e. The van der Waals surface area contributed by atoms with Gasteiger partial charge in [0.15, 0.2) is 0 Å². The summed E-state index contributed by atoms with van der Waals surface area (Å²) in [6.07, 6.45) is -0.0415. The summed E-state index contributed by atoms with van der Waals surface area (Å²) < 4.78 is 5.03. The quantitative estimate of drug-likeness (QED) is 0.799. The first-order chi connectivity index (χ1) is 9.93. The number of aliphatic carboxylic acids is 1. The van der Waals surface area contributed by atoms with Crippen molar-refractivity contribution in [3.63, 3.8) is 0 Å². The van der Waals surface area contributed by atoms with Crippen LogP contribution in [0.25, 0.3) is 0 Å². The molecular formula is C16H23NO4. The zero-order chi connectivity index (χ0) is 15.8. The van der Waals surface area contributed by atoms with Crippen molar-refractivity contribution in [3.05, 3.63) is 35.4 Å². The number of carboxylic acids is 1. The standard InChI is InChI=1S/C16H23NO4/c1-12(2)10-17(9-8-15(18)19)16(20)14-6-4-13(5-7-14)11-21-3/h4-7,12H,8-11H2,1-3H3,(H,18,19). The van der Waals surface area contributed by atoms with E-state index in [4.69, 9.17) is 9.84 Å². The number of hydrogen-bond donors (Lipinski definition) is 1. The molecule has 0 aliphatic heterocycles. The second-order valence-corrected chi connectivity index (χ2v) is 5.42. The molecule has 0 saturated heterocycles. The van der Waals surface area contributed by atoms with E-state index in [1.54, 1.807) is 24.1 Å². The maximum absolute atomic E-state index is 12.5. The molecule has 0 saturated carbocycles. The largest absolute Gasteiger partial charge is 0.481 e. The van der Waals surface area contributed by atoms with Crippen LogP contribution in [0, 0.1) is 5.92 Å². The minimum atomic E-state index is -0.896. The van der Waals surface area contributed by atoms with Crippen LogP contribution in [-0.4, -0.2) is 42.1 Å². The summed E-state index contributed by atoms with van der Waals surface area (Å²) in [7, 11) is 1.62. The number of carbonyl (C=O) groups is 2. The third-order valence-corrected chi connectivity index (χ3v) is 2.98. The number of benzene rings is 1. The van der Waals surface area contributed by atoms with Crippen molar-refractivity contribution < 1.29 is 19.4 Å². The second-order valence-electron chi connectivity index (χ2n) is 5.42. The third kappa shape index (κ3) is 5.95. The number of carbonyl (C=O) groups excluding carboxylic acids is 1. The highest BCUT2D eigenvalue weighted by Gasteiger charge is 2.17. The number of rotatable bonds is 8. The lowest BCUT2D eigenvalue weighted by atomic mass is 10.1. The van der Waals surface area contributed by atoms with Crippen LogP contribution in [0.3, 0.4) is 0 Å². The van der Waals surface area contributed by atoms with E-state index in [2.05, 4.69) is 0 Å². The van der Waals surface area contributed by atoms with E-state index >= 15 is 0 Å². The number of hydrogen-bond acceptors (Lipinski definition) is 3. The van der Waals surface area contributed by atoms with Gasteiger partial charge in [0.2, 0.25) is 0 Å². The van der Waals surface area contributed by atoms with Crippen molar-refractivity contribution in [2.45, 2.75) is 26.9 Å². The van der Waals surface area contributed by atoms with Gasteiger partial charge in [-0.1, -0.05) is 26.0 Å². The van der Waals surface area contributed by atoms with E-state index in [-0.39, 0.29) is 24.8 Å². The summed E-state index contributed by atoms with van der Waals surface area (Å²) in [5.41, 5.74) is 1.57. The molecule has 116 valence electrons. The van der Waals surface area contributed by atoms with Crippen LogP contribution in [0.5, 0.6) is 0 Å².